The van der Waals surface area contributed by atoms with Gasteiger partial charge in [0.1, 0.15) is 0 Å². The minimum atomic E-state index is 1.02. The second-order valence-electron chi connectivity index (χ2n) is 5.38. The van der Waals surface area contributed by atoms with Gasteiger partial charge in [0.2, 0.25) is 0 Å². The molecule has 1 heteroatoms. The van der Waals surface area contributed by atoms with Crippen molar-refractivity contribution in [1.82, 2.24) is 5.32 Å². The molecule has 1 aliphatic carbocycles. The molecule has 0 bridgehead atoms. The summed E-state index contributed by atoms with van der Waals surface area (Å²) in [5.41, 5.74) is 0. The molecule has 95 valence electrons. The van der Waals surface area contributed by atoms with Gasteiger partial charge < -0.3 is 0 Å². The van der Waals surface area contributed by atoms with Crippen LogP contribution in [0.3, 0.4) is 0 Å². The van der Waals surface area contributed by atoms with E-state index in [1.165, 1.54) is 70.6 Å². The van der Waals surface area contributed by atoms with Crippen molar-refractivity contribution in [2.45, 2.75) is 77.6 Å². The minimum absolute atomic E-state index is 1.02. The zero-order valence-corrected chi connectivity index (χ0v) is 11.2. The largest absolute Gasteiger partial charge is 0.242 e. The molecule has 0 saturated heterocycles. The lowest BCUT2D eigenvalue weighted by Gasteiger charge is -2.08. The third kappa shape index (κ3) is 7.27. The molecule has 1 rings (SSSR count). The molecule has 0 aromatic carbocycles. The van der Waals surface area contributed by atoms with Gasteiger partial charge in [0.15, 0.2) is 0 Å². The Bertz CT molecular complexity index is 138. The van der Waals surface area contributed by atoms with Gasteiger partial charge in [-0.15, -0.1) is 0 Å². The first-order valence-corrected chi connectivity index (χ1v) is 7.56. The van der Waals surface area contributed by atoms with E-state index in [0.717, 1.165) is 19.0 Å². The molecule has 1 fully saturated rings. The molecule has 0 heterocycles. The van der Waals surface area contributed by atoms with Gasteiger partial charge in [-0.2, -0.15) is 0 Å². The molecule has 0 aromatic rings. The molecule has 1 nitrogen and oxygen atoms in total. The third-order valence-electron chi connectivity index (χ3n) is 3.84. The SMILES string of the molecule is CCCCCCCC[N]CCC1CCCC1. The molecule has 0 aliphatic heterocycles. The normalized spacial score (nSPS) is 17.1. The fourth-order valence-corrected chi connectivity index (χ4v) is 2.69. The van der Waals surface area contributed by atoms with Gasteiger partial charge in [-0.1, -0.05) is 64.7 Å². The maximum absolute atomic E-state index is 4.65. The summed E-state index contributed by atoms with van der Waals surface area (Å²) >= 11 is 0. The fourth-order valence-electron chi connectivity index (χ4n) is 2.69. The highest BCUT2D eigenvalue weighted by atomic mass is 14.8. The van der Waals surface area contributed by atoms with E-state index in [4.69, 9.17) is 0 Å². The summed E-state index contributed by atoms with van der Waals surface area (Å²) in [6.45, 7) is 4.54. The Labute approximate surface area is 102 Å². The predicted molar refractivity (Wildman–Crippen MR) is 71.8 cm³/mol. The Hall–Kier alpha value is -0.0400. The average Bonchev–Trinajstić information content (AvgIpc) is 2.80. The van der Waals surface area contributed by atoms with Crippen LogP contribution in [0, 0.1) is 5.92 Å². The smallest absolute Gasteiger partial charge is 0.0136 e. The fraction of sp³-hybridized carbons (Fsp3) is 1.00. The maximum Gasteiger partial charge on any atom is 0.0136 e. The zero-order chi connectivity index (χ0) is 11.5. The summed E-state index contributed by atoms with van der Waals surface area (Å²) in [5, 5.41) is 4.65. The highest BCUT2D eigenvalue weighted by Gasteiger charge is 2.13. The lowest BCUT2D eigenvalue weighted by atomic mass is 10.0. The molecule has 0 atom stereocenters. The van der Waals surface area contributed by atoms with Gasteiger partial charge in [-0.3, -0.25) is 0 Å². The van der Waals surface area contributed by atoms with Crippen molar-refractivity contribution in [3.63, 3.8) is 0 Å². The number of rotatable bonds is 10. The van der Waals surface area contributed by atoms with Crippen molar-refractivity contribution in [3.8, 4) is 0 Å². The van der Waals surface area contributed by atoms with Crippen molar-refractivity contribution < 1.29 is 0 Å². The standard InChI is InChI=1S/C15H30N/c1-2-3-4-5-6-9-13-16-14-12-15-10-7-8-11-15/h15H,2-14H2,1H3. The van der Waals surface area contributed by atoms with Crippen LogP contribution in [0.2, 0.25) is 0 Å². The van der Waals surface area contributed by atoms with Gasteiger partial charge in [0.25, 0.3) is 0 Å². The first-order valence-electron chi connectivity index (χ1n) is 7.56. The van der Waals surface area contributed by atoms with E-state index in [-0.39, 0.29) is 0 Å². The summed E-state index contributed by atoms with van der Waals surface area (Å²) in [7, 11) is 0. The van der Waals surface area contributed by atoms with Crippen LogP contribution in [-0.2, 0) is 0 Å². The number of unbranched alkanes of at least 4 members (excludes halogenated alkanes) is 5. The first-order chi connectivity index (χ1) is 7.93. The van der Waals surface area contributed by atoms with Crippen molar-refractivity contribution in [2.24, 2.45) is 5.92 Å². The van der Waals surface area contributed by atoms with E-state index >= 15 is 0 Å². The molecule has 0 spiro atoms. The summed E-state index contributed by atoms with van der Waals surface area (Å²) in [4.78, 5) is 0. The number of hydrogen-bond acceptors (Lipinski definition) is 0. The molecule has 0 N–H and O–H groups in total. The highest BCUT2D eigenvalue weighted by molar-refractivity contribution is 4.67. The maximum atomic E-state index is 4.65. The van der Waals surface area contributed by atoms with Gasteiger partial charge in [0.05, 0.1) is 0 Å². The van der Waals surface area contributed by atoms with Crippen LogP contribution in [-0.4, -0.2) is 13.1 Å². The minimum Gasteiger partial charge on any atom is -0.242 e. The lowest BCUT2D eigenvalue weighted by molar-refractivity contribution is 0.467. The molecule has 16 heavy (non-hydrogen) atoms. The Morgan fingerprint density at radius 3 is 2.31 bits per heavy atom. The van der Waals surface area contributed by atoms with E-state index in [9.17, 15) is 0 Å². The Kier molecular flexibility index (Phi) is 8.88. The summed E-state index contributed by atoms with van der Waals surface area (Å²) in [6, 6.07) is 0. The third-order valence-corrected chi connectivity index (χ3v) is 3.84. The lowest BCUT2D eigenvalue weighted by Crippen LogP contribution is -2.11. The summed E-state index contributed by atoms with van der Waals surface area (Å²) < 4.78 is 0. The molecular formula is C15H30N. The Morgan fingerprint density at radius 2 is 1.56 bits per heavy atom. The van der Waals surface area contributed by atoms with Crippen molar-refractivity contribution in [1.29, 1.82) is 0 Å². The van der Waals surface area contributed by atoms with Crippen LogP contribution >= 0.6 is 0 Å². The van der Waals surface area contributed by atoms with Crippen LogP contribution in [0.25, 0.3) is 0 Å². The van der Waals surface area contributed by atoms with Gasteiger partial charge in [-0.25, -0.2) is 5.32 Å². The van der Waals surface area contributed by atoms with E-state index < -0.39 is 0 Å². The van der Waals surface area contributed by atoms with Gasteiger partial charge >= 0.3 is 0 Å². The average molecular weight is 224 g/mol. The monoisotopic (exact) mass is 224 g/mol. The van der Waals surface area contributed by atoms with Gasteiger partial charge in [0, 0.05) is 13.1 Å². The van der Waals surface area contributed by atoms with E-state index in [0.29, 0.717) is 0 Å². The van der Waals surface area contributed by atoms with Crippen LogP contribution in [0.15, 0.2) is 0 Å². The molecule has 1 saturated carbocycles. The second kappa shape index (κ2) is 10.1. The van der Waals surface area contributed by atoms with Crippen LogP contribution in [0.5, 0.6) is 0 Å². The molecule has 1 aliphatic rings. The number of hydrogen-bond donors (Lipinski definition) is 0. The molecule has 1 radical (unpaired) electrons. The Balaban J connectivity index is 1.71. The summed E-state index contributed by atoms with van der Waals surface area (Å²) in [5.74, 6) is 1.02. The topological polar surface area (TPSA) is 14.1 Å². The predicted octanol–water partition coefficient (Wildman–Crippen LogP) is 4.53. The first kappa shape index (κ1) is 14.0. The van der Waals surface area contributed by atoms with E-state index in [2.05, 4.69) is 12.2 Å². The van der Waals surface area contributed by atoms with E-state index in [1.807, 2.05) is 0 Å². The quantitative estimate of drug-likeness (QED) is 0.484. The highest BCUT2D eigenvalue weighted by Crippen LogP contribution is 2.26. The molecule has 0 amide bonds. The van der Waals surface area contributed by atoms with Crippen molar-refractivity contribution >= 4 is 0 Å². The van der Waals surface area contributed by atoms with Gasteiger partial charge in [-0.05, 0) is 18.8 Å². The molecule has 0 aromatic heterocycles. The van der Waals surface area contributed by atoms with Crippen molar-refractivity contribution in [2.75, 3.05) is 13.1 Å². The van der Waals surface area contributed by atoms with E-state index in [1.54, 1.807) is 0 Å². The van der Waals surface area contributed by atoms with Crippen LogP contribution < -0.4 is 5.32 Å². The number of nitrogens with zero attached hydrogens (tertiary/aromatic N) is 1. The molecule has 0 unspecified atom stereocenters. The molecular weight excluding hydrogens is 194 g/mol. The Morgan fingerprint density at radius 1 is 0.875 bits per heavy atom. The zero-order valence-electron chi connectivity index (χ0n) is 11.2. The van der Waals surface area contributed by atoms with Crippen molar-refractivity contribution in [3.05, 3.63) is 0 Å². The summed E-state index contributed by atoms with van der Waals surface area (Å²) in [6.07, 6.45) is 15.6. The van der Waals surface area contributed by atoms with Crippen LogP contribution in [0.1, 0.15) is 77.6 Å². The second-order valence-corrected chi connectivity index (χ2v) is 5.38. The van der Waals surface area contributed by atoms with Crippen LogP contribution in [0.4, 0.5) is 0 Å².